The van der Waals surface area contributed by atoms with Crippen molar-refractivity contribution in [3.63, 3.8) is 0 Å². The minimum Gasteiger partial charge on any atom is -0.481 e. The first-order chi connectivity index (χ1) is 9.10. The molecule has 2 amide bonds. The van der Waals surface area contributed by atoms with Gasteiger partial charge in [0, 0.05) is 19.1 Å². The molecule has 2 unspecified atom stereocenters. The van der Waals surface area contributed by atoms with Gasteiger partial charge in [-0.05, 0) is 25.7 Å². The zero-order chi connectivity index (χ0) is 14.3. The van der Waals surface area contributed by atoms with Crippen LogP contribution >= 0.6 is 0 Å². The summed E-state index contributed by atoms with van der Waals surface area (Å²) in [5.74, 6) is -1.33. The molecule has 0 spiro atoms. The van der Waals surface area contributed by atoms with E-state index < -0.39 is 11.9 Å². The van der Waals surface area contributed by atoms with Crippen LogP contribution in [0.3, 0.4) is 0 Å². The predicted molar refractivity (Wildman–Crippen MR) is 74.1 cm³/mol. The standard InChI is InChI=1S/C14H26N2O3/c1-3-11(13(17)18)10-15-14(19)16-9-7-5-6-8-12(16)4-2/h11-12H,3-10H2,1-2H3,(H,15,19)(H,17,18). The average Bonchev–Trinajstić information content (AvgIpc) is 2.63. The van der Waals surface area contributed by atoms with Crippen LogP contribution in [0.2, 0.25) is 0 Å². The smallest absolute Gasteiger partial charge is 0.317 e. The number of hydrogen-bond acceptors (Lipinski definition) is 2. The van der Waals surface area contributed by atoms with E-state index in [0.29, 0.717) is 12.5 Å². The first-order valence-electron chi connectivity index (χ1n) is 7.37. The Morgan fingerprint density at radius 2 is 2.05 bits per heavy atom. The second-order valence-corrected chi connectivity index (χ2v) is 5.23. The lowest BCUT2D eigenvalue weighted by Gasteiger charge is -2.29. The molecule has 110 valence electrons. The minimum absolute atomic E-state index is 0.103. The van der Waals surface area contributed by atoms with Gasteiger partial charge in [-0.1, -0.05) is 26.7 Å². The lowest BCUT2D eigenvalue weighted by molar-refractivity contribution is -0.141. The second kappa shape index (κ2) is 8.02. The number of amides is 2. The zero-order valence-corrected chi connectivity index (χ0v) is 12.0. The summed E-state index contributed by atoms with van der Waals surface area (Å²) in [5, 5.41) is 11.8. The summed E-state index contributed by atoms with van der Waals surface area (Å²) in [5.41, 5.74) is 0. The molecule has 1 heterocycles. The Hall–Kier alpha value is -1.26. The number of nitrogens with zero attached hydrogens (tertiary/aromatic N) is 1. The van der Waals surface area contributed by atoms with Gasteiger partial charge in [-0.2, -0.15) is 0 Å². The van der Waals surface area contributed by atoms with E-state index in [2.05, 4.69) is 12.2 Å². The largest absolute Gasteiger partial charge is 0.481 e. The molecule has 1 fully saturated rings. The highest BCUT2D eigenvalue weighted by molar-refractivity contribution is 5.76. The molecule has 0 aromatic rings. The van der Waals surface area contributed by atoms with Gasteiger partial charge in [0.05, 0.1) is 5.92 Å². The van der Waals surface area contributed by atoms with E-state index in [1.165, 1.54) is 12.8 Å². The number of carboxylic acids is 1. The molecule has 5 heteroatoms. The third-order valence-corrected chi connectivity index (χ3v) is 3.95. The number of carbonyl (C=O) groups is 2. The Morgan fingerprint density at radius 1 is 1.32 bits per heavy atom. The number of carbonyl (C=O) groups excluding carboxylic acids is 1. The number of rotatable bonds is 5. The van der Waals surface area contributed by atoms with Crippen LogP contribution < -0.4 is 5.32 Å². The van der Waals surface area contributed by atoms with Crippen LogP contribution in [-0.2, 0) is 4.79 Å². The van der Waals surface area contributed by atoms with Crippen molar-refractivity contribution in [2.24, 2.45) is 5.92 Å². The maximum atomic E-state index is 12.2. The lowest BCUT2D eigenvalue weighted by atomic mass is 10.1. The predicted octanol–water partition coefficient (Wildman–Crippen LogP) is 2.46. The number of urea groups is 1. The molecule has 0 aromatic heterocycles. The fourth-order valence-electron chi connectivity index (χ4n) is 2.59. The van der Waals surface area contributed by atoms with E-state index in [9.17, 15) is 9.59 Å². The van der Waals surface area contributed by atoms with Gasteiger partial charge in [0.15, 0.2) is 0 Å². The topological polar surface area (TPSA) is 69.6 Å². The summed E-state index contributed by atoms with van der Waals surface area (Å²) in [4.78, 5) is 25.0. The van der Waals surface area contributed by atoms with E-state index in [0.717, 1.165) is 25.8 Å². The summed E-state index contributed by atoms with van der Waals surface area (Å²) in [6.07, 6.45) is 5.94. The second-order valence-electron chi connectivity index (χ2n) is 5.23. The lowest BCUT2D eigenvalue weighted by Crippen LogP contribution is -2.47. The fraction of sp³-hybridized carbons (Fsp3) is 0.857. The van der Waals surface area contributed by atoms with Crippen molar-refractivity contribution < 1.29 is 14.7 Å². The molecular formula is C14H26N2O3. The molecule has 0 radical (unpaired) electrons. The van der Waals surface area contributed by atoms with Crippen molar-refractivity contribution in [1.82, 2.24) is 10.2 Å². The molecule has 5 nitrogen and oxygen atoms in total. The van der Waals surface area contributed by atoms with Gasteiger partial charge in [-0.15, -0.1) is 0 Å². The molecule has 1 aliphatic heterocycles. The molecular weight excluding hydrogens is 244 g/mol. The van der Waals surface area contributed by atoms with Gasteiger partial charge >= 0.3 is 12.0 Å². The molecule has 19 heavy (non-hydrogen) atoms. The highest BCUT2D eigenvalue weighted by Crippen LogP contribution is 2.19. The molecule has 2 atom stereocenters. The normalized spacial score (nSPS) is 21.6. The SMILES string of the molecule is CCC(CNC(=O)N1CCCCCC1CC)C(=O)O. The van der Waals surface area contributed by atoms with Crippen molar-refractivity contribution in [1.29, 1.82) is 0 Å². The van der Waals surface area contributed by atoms with Crippen LogP contribution in [0.4, 0.5) is 4.79 Å². The van der Waals surface area contributed by atoms with Crippen molar-refractivity contribution in [3.8, 4) is 0 Å². The monoisotopic (exact) mass is 270 g/mol. The average molecular weight is 270 g/mol. The van der Waals surface area contributed by atoms with Crippen LogP contribution in [0, 0.1) is 5.92 Å². The third kappa shape index (κ3) is 4.73. The molecule has 0 aromatic carbocycles. The van der Waals surface area contributed by atoms with Gasteiger partial charge in [0.1, 0.15) is 0 Å². The fourth-order valence-corrected chi connectivity index (χ4v) is 2.59. The van der Waals surface area contributed by atoms with Crippen LogP contribution in [0.5, 0.6) is 0 Å². The number of aliphatic carboxylic acids is 1. The van der Waals surface area contributed by atoms with Crippen molar-refractivity contribution in [2.75, 3.05) is 13.1 Å². The Morgan fingerprint density at radius 3 is 2.63 bits per heavy atom. The van der Waals surface area contributed by atoms with Gasteiger partial charge in [0.2, 0.25) is 0 Å². The van der Waals surface area contributed by atoms with Crippen LogP contribution in [-0.4, -0.2) is 41.1 Å². The number of hydrogen-bond donors (Lipinski definition) is 2. The number of likely N-dealkylation sites (tertiary alicyclic amines) is 1. The maximum Gasteiger partial charge on any atom is 0.317 e. The molecule has 0 saturated carbocycles. The Kier molecular flexibility index (Phi) is 6.67. The molecule has 1 rings (SSSR count). The highest BCUT2D eigenvalue weighted by atomic mass is 16.4. The number of carboxylic acid groups (broad SMARTS) is 1. The Labute approximate surface area is 115 Å². The van der Waals surface area contributed by atoms with Gasteiger partial charge in [-0.3, -0.25) is 4.79 Å². The van der Waals surface area contributed by atoms with Crippen molar-refractivity contribution in [2.45, 2.75) is 58.4 Å². The number of nitrogens with one attached hydrogen (secondary N) is 1. The summed E-state index contributed by atoms with van der Waals surface area (Å²) in [6, 6.07) is 0.195. The van der Waals surface area contributed by atoms with E-state index in [1.54, 1.807) is 0 Å². The molecule has 1 saturated heterocycles. The molecule has 2 N–H and O–H groups in total. The zero-order valence-electron chi connectivity index (χ0n) is 12.0. The van der Waals surface area contributed by atoms with Crippen molar-refractivity contribution in [3.05, 3.63) is 0 Å². The van der Waals surface area contributed by atoms with Gasteiger partial charge < -0.3 is 15.3 Å². The Balaban J connectivity index is 2.52. The minimum atomic E-state index is -0.842. The van der Waals surface area contributed by atoms with Crippen molar-refractivity contribution >= 4 is 12.0 Å². The molecule has 0 bridgehead atoms. The van der Waals surface area contributed by atoms with E-state index in [4.69, 9.17) is 5.11 Å². The highest BCUT2D eigenvalue weighted by Gasteiger charge is 2.25. The Bertz CT molecular complexity index is 307. The van der Waals surface area contributed by atoms with E-state index in [-0.39, 0.29) is 12.6 Å². The van der Waals surface area contributed by atoms with Gasteiger partial charge in [-0.25, -0.2) is 4.79 Å². The van der Waals surface area contributed by atoms with Crippen LogP contribution in [0.25, 0.3) is 0 Å². The third-order valence-electron chi connectivity index (χ3n) is 3.95. The summed E-state index contributed by atoms with van der Waals surface area (Å²) in [6.45, 7) is 4.93. The summed E-state index contributed by atoms with van der Waals surface area (Å²) in [7, 11) is 0. The van der Waals surface area contributed by atoms with Crippen LogP contribution in [0.15, 0.2) is 0 Å². The summed E-state index contributed by atoms with van der Waals surface area (Å²) < 4.78 is 0. The molecule has 0 aliphatic carbocycles. The summed E-state index contributed by atoms with van der Waals surface area (Å²) >= 11 is 0. The van der Waals surface area contributed by atoms with Gasteiger partial charge in [0.25, 0.3) is 0 Å². The first-order valence-corrected chi connectivity index (χ1v) is 7.37. The van der Waals surface area contributed by atoms with Crippen LogP contribution in [0.1, 0.15) is 52.4 Å². The first kappa shape index (κ1) is 15.8. The van der Waals surface area contributed by atoms with E-state index >= 15 is 0 Å². The maximum absolute atomic E-state index is 12.2. The van der Waals surface area contributed by atoms with E-state index in [1.807, 2.05) is 11.8 Å². The quantitative estimate of drug-likeness (QED) is 0.806. The molecule has 1 aliphatic rings.